The van der Waals surface area contributed by atoms with Crippen molar-refractivity contribution in [2.75, 3.05) is 25.4 Å². The fourth-order valence-electron chi connectivity index (χ4n) is 1.49. The molecule has 3 nitrogen and oxygen atoms in total. The molecule has 0 fully saturated rings. The number of halogens is 1. The maximum atomic E-state index is 5.80. The highest BCUT2D eigenvalue weighted by Gasteiger charge is 2.06. The molecule has 5 heteroatoms. The Morgan fingerprint density at radius 2 is 2.12 bits per heavy atom. The van der Waals surface area contributed by atoms with Crippen molar-refractivity contribution in [2.24, 2.45) is 7.05 Å². The lowest BCUT2D eigenvalue weighted by Gasteiger charge is -2.17. The fourth-order valence-corrected chi connectivity index (χ4v) is 2.71. The maximum Gasteiger partial charge on any atom is 0.167 e. The lowest BCUT2D eigenvalue weighted by Crippen LogP contribution is -2.25. The Kier molecular flexibility index (Phi) is 6.24. The van der Waals surface area contributed by atoms with Crippen molar-refractivity contribution in [3.63, 3.8) is 0 Å². The van der Waals surface area contributed by atoms with Crippen LogP contribution in [0.25, 0.3) is 0 Å². The van der Waals surface area contributed by atoms with E-state index in [9.17, 15) is 0 Å². The molecule has 92 valence electrons. The number of nitrogens with zero attached hydrogens (tertiary/aromatic N) is 3. The van der Waals surface area contributed by atoms with E-state index in [4.69, 9.17) is 11.6 Å². The van der Waals surface area contributed by atoms with Crippen molar-refractivity contribution < 1.29 is 0 Å². The summed E-state index contributed by atoms with van der Waals surface area (Å²) >= 11 is 7.59. The summed E-state index contributed by atoms with van der Waals surface area (Å²) < 4.78 is 2.07. The number of hydrogen-bond acceptors (Lipinski definition) is 3. The molecule has 0 spiro atoms. The number of hydrogen-bond donors (Lipinski definition) is 0. The van der Waals surface area contributed by atoms with E-state index in [1.165, 1.54) is 0 Å². The first-order valence-corrected chi connectivity index (χ1v) is 7.16. The number of rotatable bonds is 7. The zero-order valence-corrected chi connectivity index (χ0v) is 11.8. The van der Waals surface area contributed by atoms with E-state index in [1.807, 2.05) is 13.2 Å². The highest BCUT2D eigenvalue weighted by Crippen LogP contribution is 2.18. The van der Waals surface area contributed by atoms with Crippen LogP contribution in [-0.4, -0.2) is 39.8 Å². The SMILES string of the molecule is CCN(CC)CCSc1ncc(CCl)n1C. The van der Waals surface area contributed by atoms with Crippen LogP contribution < -0.4 is 0 Å². The lowest BCUT2D eigenvalue weighted by molar-refractivity contribution is 0.324. The van der Waals surface area contributed by atoms with Gasteiger partial charge in [-0.2, -0.15) is 0 Å². The molecule has 1 rings (SSSR count). The quantitative estimate of drug-likeness (QED) is 0.556. The van der Waals surface area contributed by atoms with Crippen molar-refractivity contribution in [1.29, 1.82) is 0 Å². The Bertz CT molecular complexity index is 310. The summed E-state index contributed by atoms with van der Waals surface area (Å²) in [5.41, 5.74) is 1.08. The topological polar surface area (TPSA) is 21.1 Å². The van der Waals surface area contributed by atoms with Gasteiger partial charge < -0.3 is 9.47 Å². The predicted molar refractivity (Wildman–Crippen MR) is 71.3 cm³/mol. The molecular weight excluding hydrogens is 242 g/mol. The summed E-state index contributed by atoms with van der Waals surface area (Å²) in [6, 6.07) is 0. The van der Waals surface area contributed by atoms with Crippen molar-refractivity contribution in [2.45, 2.75) is 24.9 Å². The van der Waals surface area contributed by atoms with E-state index in [-0.39, 0.29) is 0 Å². The van der Waals surface area contributed by atoms with Gasteiger partial charge >= 0.3 is 0 Å². The van der Waals surface area contributed by atoms with E-state index in [0.717, 1.165) is 36.2 Å². The van der Waals surface area contributed by atoms with Gasteiger partial charge in [0.15, 0.2) is 5.16 Å². The van der Waals surface area contributed by atoms with Crippen LogP contribution in [0.4, 0.5) is 0 Å². The molecule has 0 aliphatic rings. The van der Waals surface area contributed by atoms with E-state index in [1.54, 1.807) is 11.8 Å². The molecule has 0 saturated heterocycles. The molecule has 0 aliphatic carbocycles. The van der Waals surface area contributed by atoms with Crippen LogP contribution >= 0.6 is 23.4 Å². The first-order chi connectivity index (χ1) is 7.72. The molecule has 1 heterocycles. The molecule has 0 bridgehead atoms. The first-order valence-electron chi connectivity index (χ1n) is 5.64. The van der Waals surface area contributed by atoms with Gasteiger partial charge in [0.1, 0.15) is 0 Å². The summed E-state index contributed by atoms with van der Waals surface area (Å²) in [7, 11) is 2.02. The average Bonchev–Trinajstić information content (AvgIpc) is 2.66. The van der Waals surface area contributed by atoms with Crippen molar-refractivity contribution in [3.05, 3.63) is 11.9 Å². The third-order valence-corrected chi connectivity index (χ3v) is 4.01. The van der Waals surface area contributed by atoms with Crippen LogP contribution in [0.5, 0.6) is 0 Å². The molecular formula is C11H20ClN3S. The van der Waals surface area contributed by atoms with Crippen molar-refractivity contribution in [3.8, 4) is 0 Å². The molecule has 0 N–H and O–H groups in total. The number of thioether (sulfide) groups is 1. The molecule has 0 radical (unpaired) electrons. The third-order valence-electron chi connectivity index (χ3n) is 2.71. The number of alkyl halides is 1. The van der Waals surface area contributed by atoms with Crippen LogP contribution in [0, 0.1) is 0 Å². The summed E-state index contributed by atoms with van der Waals surface area (Å²) in [5, 5.41) is 1.06. The van der Waals surface area contributed by atoms with Crippen molar-refractivity contribution in [1.82, 2.24) is 14.5 Å². The summed E-state index contributed by atoms with van der Waals surface area (Å²) in [4.78, 5) is 6.77. The third kappa shape index (κ3) is 3.68. The second-order valence-electron chi connectivity index (χ2n) is 3.60. The van der Waals surface area contributed by atoms with Crippen LogP contribution in [0.3, 0.4) is 0 Å². The molecule has 0 aliphatic heterocycles. The molecule has 16 heavy (non-hydrogen) atoms. The second kappa shape index (κ2) is 7.20. The summed E-state index contributed by atoms with van der Waals surface area (Å²) in [5.74, 6) is 1.61. The van der Waals surface area contributed by atoms with Crippen LogP contribution in [0.1, 0.15) is 19.5 Å². The van der Waals surface area contributed by atoms with Crippen LogP contribution in [0.15, 0.2) is 11.4 Å². The van der Waals surface area contributed by atoms with Gasteiger partial charge in [-0.15, -0.1) is 11.6 Å². The normalized spacial score (nSPS) is 11.3. The molecule has 1 aromatic rings. The average molecular weight is 262 g/mol. The van der Waals surface area contributed by atoms with Gasteiger partial charge in [0.05, 0.1) is 17.8 Å². The Hall–Kier alpha value is -0.190. The molecule has 1 aromatic heterocycles. The number of aromatic nitrogens is 2. The van der Waals surface area contributed by atoms with E-state index < -0.39 is 0 Å². The van der Waals surface area contributed by atoms with E-state index >= 15 is 0 Å². The Morgan fingerprint density at radius 3 is 2.62 bits per heavy atom. The maximum absolute atomic E-state index is 5.80. The Balaban J connectivity index is 2.39. The molecule has 0 aromatic carbocycles. The van der Waals surface area contributed by atoms with Gasteiger partial charge in [-0.05, 0) is 13.1 Å². The van der Waals surface area contributed by atoms with Gasteiger partial charge in [-0.3, -0.25) is 0 Å². The minimum absolute atomic E-state index is 0.528. The standard InChI is InChI=1S/C11H20ClN3S/c1-4-15(5-2)6-7-16-11-13-9-10(8-12)14(11)3/h9H,4-8H2,1-3H3. The largest absolute Gasteiger partial charge is 0.325 e. The van der Waals surface area contributed by atoms with Crippen LogP contribution in [0.2, 0.25) is 0 Å². The minimum atomic E-state index is 0.528. The zero-order valence-electron chi connectivity index (χ0n) is 10.2. The van der Waals surface area contributed by atoms with Crippen LogP contribution in [-0.2, 0) is 12.9 Å². The zero-order chi connectivity index (χ0) is 12.0. The van der Waals surface area contributed by atoms with Gasteiger partial charge in [-0.1, -0.05) is 25.6 Å². The fraction of sp³-hybridized carbons (Fsp3) is 0.727. The number of imidazole rings is 1. The van der Waals surface area contributed by atoms with Gasteiger partial charge in [0.25, 0.3) is 0 Å². The molecule has 0 amide bonds. The molecule has 0 atom stereocenters. The first kappa shape index (κ1) is 13.9. The smallest absolute Gasteiger partial charge is 0.167 e. The predicted octanol–water partition coefficient (Wildman–Crippen LogP) is 2.59. The monoisotopic (exact) mass is 261 g/mol. The Morgan fingerprint density at radius 1 is 1.44 bits per heavy atom. The highest BCUT2D eigenvalue weighted by atomic mass is 35.5. The molecule has 0 unspecified atom stereocenters. The van der Waals surface area contributed by atoms with Crippen molar-refractivity contribution >= 4 is 23.4 Å². The van der Waals surface area contributed by atoms with E-state index in [0.29, 0.717) is 5.88 Å². The van der Waals surface area contributed by atoms with Gasteiger partial charge in [0, 0.05) is 19.3 Å². The van der Waals surface area contributed by atoms with E-state index in [2.05, 4.69) is 28.3 Å². The lowest BCUT2D eigenvalue weighted by atomic mass is 10.5. The second-order valence-corrected chi connectivity index (χ2v) is 4.93. The summed E-state index contributed by atoms with van der Waals surface area (Å²) in [6.45, 7) is 7.73. The summed E-state index contributed by atoms with van der Waals surface area (Å²) in [6.07, 6.45) is 1.85. The van der Waals surface area contributed by atoms with Gasteiger partial charge in [0.2, 0.25) is 0 Å². The Labute approximate surface area is 107 Å². The van der Waals surface area contributed by atoms with Gasteiger partial charge in [-0.25, -0.2) is 4.98 Å². The minimum Gasteiger partial charge on any atom is -0.325 e. The highest BCUT2D eigenvalue weighted by molar-refractivity contribution is 7.99. The molecule has 0 saturated carbocycles.